The second-order valence-electron chi connectivity index (χ2n) is 6.76. The molecule has 0 spiro atoms. The Morgan fingerprint density at radius 1 is 0.926 bits per heavy atom. The average Bonchev–Trinajstić information content (AvgIpc) is 2.69. The summed E-state index contributed by atoms with van der Waals surface area (Å²) in [5, 5.41) is 3.45. The van der Waals surface area contributed by atoms with Gasteiger partial charge in [0.05, 0.1) is 7.11 Å². The van der Waals surface area contributed by atoms with Crippen LogP contribution in [0.4, 0.5) is 0 Å². The van der Waals surface area contributed by atoms with Gasteiger partial charge in [-0.2, -0.15) is 0 Å². The Bertz CT molecular complexity index is 672. The molecule has 27 heavy (non-hydrogen) atoms. The first kappa shape index (κ1) is 21.3. The summed E-state index contributed by atoms with van der Waals surface area (Å²) in [6.45, 7) is 8.25. The lowest BCUT2D eigenvalue weighted by atomic mass is 10.1. The van der Waals surface area contributed by atoms with Crippen molar-refractivity contribution in [2.45, 2.75) is 46.3 Å². The Hall–Kier alpha value is -2.04. The Balaban J connectivity index is 1.76. The van der Waals surface area contributed by atoms with E-state index in [2.05, 4.69) is 49.5 Å². The minimum Gasteiger partial charge on any atom is -0.493 e. The topological polar surface area (TPSA) is 39.7 Å². The molecule has 0 unspecified atom stereocenters. The van der Waals surface area contributed by atoms with Crippen LogP contribution < -0.4 is 14.8 Å². The van der Waals surface area contributed by atoms with Crippen molar-refractivity contribution < 1.29 is 14.2 Å². The van der Waals surface area contributed by atoms with E-state index in [0.29, 0.717) is 6.61 Å². The minimum atomic E-state index is 0.535. The number of hydrogen-bond donors (Lipinski definition) is 1. The predicted octanol–water partition coefficient (Wildman–Crippen LogP) is 4.88. The number of ether oxygens (including phenoxy) is 3. The summed E-state index contributed by atoms with van der Waals surface area (Å²) in [5.74, 6) is 1.54. The summed E-state index contributed by atoms with van der Waals surface area (Å²) in [7, 11) is 1.68. The van der Waals surface area contributed by atoms with Crippen LogP contribution in [0, 0.1) is 6.92 Å². The van der Waals surface area contributed by atoms with Gasteiger partial charge in [0.2, 0.25) is 0 Å². The number of aryl methyl sites for hydroxylation is 1. The van der Waals surface area contributed by atoms with Crippen molar-refractivity contribution in [3.05, 3.63) is 59.2 Å². The molecular formula is C23H33NO3. The van der Waals surface area contributed by atoms with E-state index in [-0.39, 0.29) is 0 Å². The van der Waals surface area contributed by atoms with E-state index in [1.165, 1.54) is 17.5 Å². The molecule has 2 rings (SSSR count). The standard InChI is InChI=1S/C23H33NO3/c1-4-5-13-26-14-7-12-24-17-20-10-11-22(23(16-20)25-3)27-18-21-9-6-8-19(2)15-21/h6,8-11,15-16,24H,4-5,7,12-14,17-18H2,1-3H3. The smallest absolute Gasteiger partial charge is 0.161 e. The maximum absolute atomic E-state index is 5.95. The van der Waals surface area contributed by atoms with Gasteiger partial charge in [-0.05, 0) is 49.6 Å². The van der Waals surface area contributed by atoms with E-state index < -0.39 is 0 Å². The largest absolute Gasteiger partial charge is 0.493 e. The molecule has 0 radical (unpaired) electrons. The van der Waals surface area contributed by atoms with Crippen molar-refractivity contribution >= 4 is 0 Å². The third-order valence-corrected chi connectivity index (χ3v) is 4.32. The quantitative estimate of drug-likeness (QED) is 0.510. The molecule has 2 aromatic rings. The molecule has 0 heterocycles. The second kappa shape index (κ2) is 12.4. The fourth-order valence-electron chi connectivity index (χ4n) is 2.78. The van der Waals surface area contributed by atoms with Gasteiger partial charge in [0.15, 0.2) is 11.5 Å². The van der Waals surface area contributed by atoms with Crippen LogP contribution in [0.15, 0.2) is 42.5 Å². The first-order chi connectivity index (χ1) is 13.2. The molecule has 4 nitrogen and oxygen atoms in total. The molecule has 2 aromatic carbocycles. The lowest BCUT2D eigenvalue weighted by Crippen LogP contribution is -2.16. The molecule has 0 aliphatic carbocycles. The lowest BCUT2D eigenvalue weighted by Gasteiger charge is -2.13. The van der Waals surface area contributed by atoms with Crippen molar-refractivity contribution in [2.75, 3.05) is 26.9 Å². The van der Waals surface area contributed by atoms with Crippen molar-refractivity contribution in [3.63, 3.8) is 0 Å². The van der Waals surface area contributed by atoms with Gasteiger partial charge in [-0.25, -0.2) is 0 Å². The summed E-state index contributed by atoms with van der Waals surface area (Å²) in [5.41, 5.74) is 3.57. The third kappa shape index (κ3) is 8.02. The van der Waals surface area contributed by atoms with Gasteiger partial charge in [0, 0.05) is 19.8 Å². The van der Waals surface area contributed by atoms with Gasteiger partial charge in [-0.15, -0.1) is 0 Å². The summed E-state index contributed by atoms with van der Waals surface area (Å²) >= 11 is 0. The number of methoxy groups -OCH3 is 1. The molecule has 0 amide bonds. The van der Waals surface area contributed by atoms with Crippen LogP contribution in [-0.4, -0.2) is 26.9 Å². The zero-order chi connectivity index (χ0) is 19.3. The van der Waals surface area contributed by atoms with Gasteiger partial charge in [-0.1, -0.05) is 49.2 Å². The SMILES string of the molecule is CCCCOCCCNCc1ccc(OCc2cccc(C)c2)c(OC)c1. The van der Waals surface area contributed by atoms with Crippen molar-refractivity contribution in [1.29, 1.82) is 0 Å². The molecule has 0 atom stereocenters. The summed E-state index contributed by atoms with van der Waals surface area (Å²) < 4.78 is 17.0. The molecule has 0 aliphatic rings. The normalized spacial score (nSPS) is 10.8. The van der Waals surface area contributed by atoms with Crippen LogP contribution >= 0.6 is 0 Å². The van der Waals surface area contributed by atoms with Crippen LogP contribution in [-0.2, 0) is 17.9 Å². The van der Waals surface area contributed by atoms with Crippen LogP contribution in [0.3, 0.4) is 0 Å². The molecule has 0 fully saturated rings. The van der Waals surface area contributed by atoms with Crippen molar-refractivity contribution in [3.8, 4) is 11.5 Å². The molecule has 0 aliphatic heterocycles. The van der Waals surface area contributed by atoms with Crippen LogP contribution in [0.25, 0.3) is 0 Å². The monoisotopic (exact) mass is 371 g/mol. The van der Waals surface area contributed by atoms with Crippen LogP contribution in [0.5, 0.6) is 11.5 Å². The molecule has 0 bridgehead atoms. The Morgan fingerprint density at radius 2 is 1.78 bits per heavy atom. The highest BCUT2D eigenvalue weighted by atomic mass is 16.5. The summed E-state index contributed by atoms with van der Waals surface area (Å²) in [6, 6.07) is 14.5. The maximum atomic E-state index is 5.95. The predicted molar refractivity (Wildman–Crippen MR) is 111 cm³/mol. The summed E-state index contributed by atoms with van der Waals surface area (Å²) in [6.07, 6.45) is 3.36. The Kier molecular flexibility index (Phi) is 9.74. The zero-order valence-electron chi connectivity index (χ0n) is 16.9. The van der Waals surface area contributed by atoms with E-state index in [9.17, 15) is 0 Å². The number of hydrogen-bond acceptors (Lipinski definition) is 4. The van der Waals surface area contributed by atoms with Gasteiger partial charge >= 0.3 is 0 Å². The van der Waals surface area contributed by atoms with Crippen LogP contribution in [0.1, 0.15) is 42.9 Å². The second-order valence-corrected chi connectivity index (χ2v) is 6.76. The highest BCUT2D eigenvalue weighted by Crippen LogP contribution is 2.29. The molecule has 0 saturated carbocycles. The van der Waals surface area contributed by atoms with E-state index in [1.54, 1.807) is 7.11 Å². The first-order valence-corrected chi connectivity index (χ1v) is 9.86. The lowest BCUT2D eigenvalue weighted by molar-refractivity contribution is 0.129. The highest BCUT2D eigenvalue weighted by Gasteiger charge is 2.06. The molecule has 4 heteroatoms. The molecule has 0 saturated heterocycles. The van der Waals surface area contributed by atoms with Crippen molar-refractivity contribution in [1.82, 2.24) is 5.32 Å². The molecule has 1 N–H and O–H groups in total. The van der Waals surface area contributed by atoms with Gasteiger partial charge < -0.3 is 19.5 Å². The van der Waals surface area contributed by atoms with Gasteiger partial charge in [-0.3, -0.25) is 0 Å². The third-order valence-electron chi connectivity index (χ3n) is 4.32. The van der Waals surface area contributed by atoms with E-state index in [1.807, 2.05) is 12.1 Å². The number of unbranched alkanes of at least 4 members (excludes halogenated alkanes) is 1. The Morgan fingerprint density at radius 3 is 2.56 bits per heavy atom. The van der Waals surface area contributed by atoms with Gasteiger partial charge in [0.25, 0.3) is 0 Å². The number of rotatable bonds is 13. The first-order valence-electron chi connectivity index (χ1n) is 9.86. The molecule has 148 valence electrons. The fraction of sp³-hybridized carbons (Fsp3) is 0.478. The van der Waals surface area contributed by atoms with Crippen molar-refractivity contribution in [2.24, 2.45) is 0 Å². The zero-order valence-corrected chi connectivity index (χ0v) is 16.9. The molecule has 0 aromatic heterocycles. The number of nitrogens with one attached hydrogen (secondary N) is 1. The molecular weight excluding hydrogens is 338 g/mol. The maximum Gasteiger partial charge on any atom is 0.161 e. The van der Waals surface area contributed by atoms with E-state index in [0.717, 1.165) is 56.2 Å². The Labute approximate surface area is 163 Å². The summed E-state index contributed by atoms with van der Waals surface area (Å²) in [4.78, 5) is 0. The minimum absolute atomic E-state index is 0.535. The van der Waals surface area contributed by atoms with Gasteiger partial charge in [0.1, 0.15) is 6.61 Å². The average molecular weight is 372 g/mol. The van der Waals surface area contributed by atoms with E-state index in [4.69, 9.17) is 14.2 Å². The highest BCUT2D eigenvalue weighted by molar-refractivity contribution is 5.43. The van der Waals surface area contributed by atoms with Crippen LogP contribution in [0.2, 0.25) is 0 Å². The van der Waals surface area contributed by atoms with E-state index >= 15 is 0 Å². The number of benzene rings is 2. The fourth-order valence-corrected chi connectivity index (χ4v) is 2.78.